The Bertz CT molecular complexity index is 844. The van der Waals surface area contributed by atoms with E-state index in [9.17, 15) is 26.3 Å². The fourth-order valence-corrected chi connectivity index (χ4v) is 3.29. The highest BCUT2D eigenvalue weighted by Crippen LogP contribution is 2.32. The molecule has 160 valence electrons. The maximum Gasteiger partial charge on any atom is 0.418 e. The van der Waals surface area contributed by atoms with E-state index in [0.29, 0.717) is 12.8 Å². The van der Waals surface area contributed by atoms with Crippen molar-refractivity contribution >= 4 is 12.4 Å². The van der Waals surface area contributed by atoms with E-state index in [1.165, 1.54) is 24.5 Å². The van der Waals surface area contributed by atoms with Crippen LogP contribution >= 0.6 is 0 Å². The number of pyridine rings is 2. The van der Waals surface area contributed by atoms with Crippen LogP contribution in [0.2, 0.25) is 0 Å². The number of hydrogen-bond acceptors (Lipinski definition) is 4. The van der Waals surface area contributed by atoms with Crippen LogP contribution in [0.4, 0.5) is 26.3 Å². The Morgan fingerprint density at radius 3 is 1.50 bits per heavy atom. The standard InChI is InChI=1S/C20H18F6N4/c21-19(22,23)13-5-3-9-27-17(13)11-29-15-7-1-2-8-16(15)30-12-18-14(20(24,25)26)6-4-10-28-18/h3-6,9-12,15-16H,1-2,7-8H2/t15-,16-/m0/s1. The Morgan fingerprint density at radius 2 is 1.13 bits per heavy atom. The molecule has 1 aliphatic carbocycles. The van der Waals surface area contributed by atoms with Crippen LogP contribution in [0.5, 0.6) is 0 Å². The molecule has 0 aliphatic heterocycles. The molecular formula is C20H18F6N4. The summed E-state index contributed by atoms with van der Waals surface area (Å²) < 4.78 is 78.7. The maximum atomic E-state index is 13.1. The van der Waals surface area contributed by atoms with Crippen LogP contribution < -0.4 is 0 Å². The van der Waals surface area contributed by atoms with Crippen LogP contribution in [0.15, 0.2) is 46.6 Å². The molecule has 10 heteroatoms. The van der Waals surface area contributed by atoms with Crippen molar-refractivity contribution in [1.82, 2.24) is 9.97 Å². The van der Waals surface area contributed by atoms with Gasteiger partial charge in [-0.25, -0.2) is 0 Å². The average Bonchev–Trinajstić information content (AvgIpc) is 2.70. The molecule has 1 saturated carbocycles. The number of nitrogens with zero attached hydrogens (tertiary/aromatic N) is 4. The van der Waals surface area contributed by atoms with Crippen LogP contribution in [-0.4, -0.2) is 34.5 Å². The van der Waals surface area contributed by atoms with Crippen LogP contribution in [0.1, 0.15) is 48.2 Å². The minimum Gasteiger partial charge on any atom is -0.285 e. The summed E-state index contributed by atoms with van der Waals surface area (Å²) in [7, 11) is 0. The van der Waals surface area contributed by atoms with Gasteiger partial charge in [-0.1, -0.05) is 12.8 Å². The van der Waals surface area contributed by atoms with Crippen molar-refractivity contribution in [2.75, 3.05) is 0 Å². The lowest BCUT2D eigenvalue weighted by Crippen LogP contribution is -2.27. The molecule has 1 aliphatic rings. The predicted octanol–water partition coefficient (Wildman–Crippen LogP) is 5.36. The summed E-state index contributed by atoms with van der Waals surface area (Å²) in [4.78, 5) is 16.0. The summed E-state index contributed by atoms with van der Waals surface area (Å²) in [5.74, 6) is 0. The molecule has 0 saturated heterocycles. The van der Waals surface area contributed by atoms with E-state index in [2.05, 4.69) is 20.0 Å². The molecule has 0 unspecified atom stereocenters. The van der Waals surface area contributed by atoms with Gasteiger partial charge in [0, 0.05) is 24.8 Å². The molecule has 2 heterocycles. The average molecular weight is 428 g/mol. The van der Waals surface area contributed by atoms with Crippen molar-refractivity contribution in [3.05, 3.63) is 59.2 Å². The molecule has 0 N–H and O–H groups in total. The normalized spacial score (nSPS) is 20.9. The van der Waals surface area contributed by atoms with E-state index in [0.717, 1.165) is 37.4 Å². The molecule has 4 nitrogen and oxygen atoms in total. The van der Waals surface area contributed by atoms with E-state index in [1.54, 1.807) is 0 Å². The summed E-state index contributed by atoms with van der Waals surface area (Å²) in [6.45, 7) is 0. The number of aromatic nitrogens is 2. The predicted molar refractivity (Wildman–Crippen MR) is 99.7 cm³/mol. The minimum atomic E-state index is -4.56. The fraction of sp³-hybridized carbons (Fsp3) is 0.400. The van der Waals surface area contributed by atoms with E-state index in [1.807, 2.05) is 0 Å². The molecular weight excluding hydrogens is 410 g/mol. The highest BCUT2D eigenvalue weighted by Gasteiger charge is 2.34. The summed E-state index contributed by atoms with van der Waals surface area (Å²) in [5, 5.41) is 0. The fourth-order valence-electron chi connectivity index (χ4n) is 3.29. The zero-order valence-electron chi connectivity index (χ0n) is 15.7. The molecule has 2 atom stereocenters. The van der Waals surface area contributed by atoms with Gasteiger partial charge in [0.25, 0.3) is 0 Å². The molecule has 0 radical (unpaired) electrons. The topological polar surface area (TPSA) is 50.5 Å². The van der Waals surface area contributed by atoms with Crippen LogP contribution in [0.3, 0.4) is 0 Å². The Labute approximate surface area is 168 Å². The van der Waals surface area contributed by atoms with Gasteiger partial charge in [-0.05, 0) is 37.1 Å². The first-order valence-corrected chi connectivity index (χ1v) is 9.27. The van der Waals surface area contributed by atoms with Crippen LogP contribution in [0.25, 0.3) is 0 Å². The largest absolute Gasteiger partial charge is 0.418 e. The lowest BCUT2D eigenvalue weighted by atomic mass is 9.91. The van der Waals surface area contributed by atoms with Crippen molar-refractivity contribution < 1.29 is 26.3 Å². The van der Waals surface area contributed by atoms with Crippen molar-refractivity contribution in [2.24, 2.45) is 9.98 Å². The smallest absolute Gasteiger partial charge is 0.285 e. The van der Waals surface area contributed by atoms with Gasteiger partial charge in [0.15, 0.2) is 0 Å². The first-order chi connectivity index (χ1) is 14.2. The van der Waals surface area contributed by atoms with E-state index < -0.39 is 35.6 Å². The Kier molecular flexibility index (Phi) is 6.52. The molecule has 0 bridgehead atoms. The third kappa shape index (κ3) is 5.43. The van der Waals surface area contributed by atoms with Gasteiger partial charge in [0.05, 0.1) is 34.6 Å². The second-order valence-corrected chi connectivity index (χ2v) is 6.84. The Hall–Kier alpha value is -2.78. The Morgan fingerprint density at radius 1 is 0.733 bits per heavy atom. The van der Waals surface area contributed by atoms with Gasteiger partial charge in [0.1, 0.15) is 0 Å². The summed E-state index contributed by atoms with van der Waals surface area (Å²) >= 11 is 0. The van der Waals surface area contributed by atoms with Gasteiger partial charge >= 0.3 is 12.4 Å². The molecule has 0 amide bonds. The molecule has 3 rings (SSSR count). The lowest BCUT2D eigenvalue weighted by molar-refractivity contribution is -0.138. The zero-order valence-corrected chi connectivity index (χ0v) is 15.7. The molecule has 2 aromatic heterocycles. The molecule has 30 heavy (non-hydrogen) atoms. The SMILES string of the molecule is FC(F)(F)c1cccnc1C=N[C@H]1CCCC[C@@H]1N=Cc1ncccc1C(F)(F)F. The molecule has 0 spiro atoms. The molecule has 0 aromatic carbocycles. The molecule has 2 aromatic rings. The minimum absolute atomic E-state index is 0.303. The highest BCUT2D eigenvalue weighted by atomic mass is 19.4. The highest BCUT2D eigenvalue weighted by molar-refractivity contribution is 5.80. The van der Waals surface area contributed by atoms with E-state index in [-0.39, 0.29) is 11.4 Å². The maximum absolute atomic E-state index is 13.1. The van der Waals surface area contributed by atoms with Gasteiger partial charge in [-0.2, -0.15) is 26.3 Å². The van der Waals surface area contributed by atoms with Crippen LogP contribution in [-0.2, 0) is 12.4 Å². The second kappa shape index (κ2) is 8.93. The first-order valence-electron chi connectivity index (χ1n) is 9.27. The number of alkyl halides is 6. The van der Waals surface area contributed by atoms with E-state index in [4.69, 9.17) is 0 Å². The van der Waals surface area contributed by atoms with Gasteiger partial charge in [0.2, 0.25) is 0 Å². The van der Waals surface area contributed by atoms with Crippen LogP contribution in [0, 0.1) is 0 Å². The van der Waals surface area contributed by atoms with Crippen molar-refractivity contribution in [3.63, 3.8) is 0 Å². The first kappa shape index (κ1) is 21.9. The third-order valence-electron chi connectivity index (χ3n) is 4.76. The van der Waals surface area contributed by atoms with Gasteiger partial charge in [-0.15, -0.1) is 0 Å². The molecule has 1 fully saturated rings. The number of rotatable bonds is 4. The zero-order chi connectivity index (χ0) is 21.8. The van der Waals surface area contributed by atoms with Crippen molar-refractivity contribution in [2.45, 2.75) is 50.1 Å². The van der Waals surface area contributed by atoms with Gasteiger partial charge < -0.3 is 0 Å². The van der Waals surface area contributed by atoms with E-state index >= 15 is 0 Å². The van der Waals surface area contributed by atoms with Crippen molar-refractivity contribution in [1.29, 1.82) is 0 Å². The number of hydrogen-bond donors (Lipinski definition) is 0. The monoisotopic (exact) mass is 428 g/mol. The number of halogens is 6. The lowest BCUT2D eigenvalue weighted by Gasteiger charge is -2.25. The van der Waals surface area contributed by atoms with Crippen molar-refractivity contribution in [3.8, 4) is 0 Å². The summed E-state index contributed by atoms with van der Waals surface area (Å²) in [6, 6.07) is 3.33. The third-order valence-corrected chi connectivity index (χ3v) is 4.76. The second-order valence-electron chi connectivity index (χ2n) is 6.84. The summed E-state index contributed by atoms with van der Waals surface area (Å²) in [5.41, 5.74) is -2.40. The number of aliphatic imine (C=N–C) groups is 2. The summed E-state index contributed by atoms with van der Waals surface area (Å²) in [6.07, 6.45) is -1.74. The Balaban J connectivity index is 1.82. The van der Waals surface area contributed by atoms with Gasteiger partial charge in [-0.3, -0.25) is 20.0 Å². The quantitative estimate of drug-likeness (QED) is 0.486.